The average Bonchev–Trinajstić information content (AvgIpc) is 3.04. The molecule has 0 aliphatic rings. The number of nitro benzene ring substituents is 1. The second kappa shape index (κ2) is 7.55. The van der Waals surface area contributed by atoms with Crippen LogP contribution in [0.1, 0.15) is 15.9 Å². The van der Waals surface area contributed by atoms with Gasteiger partial charge in [0.2, 0.25) is 0 Å². The number of nitrogens with one attached hydrogen (secondary N) is 1. The van der Waals surface area contributed by atoms with E-state index >= 15 is 0 Å². The lowest BCUT2D eigenvalue weighted by Gasteiger charge is -2.04. The Hall–Kier alpha value is -2.90. The first-order valence-electron chi connectivity index (χ1n) is 7.44. The number of nitrogens with zero attached hydrogens (tertiary/aromatic N) is 3. The molecule has 0 aliphatic carbocycles. The number of anilines is 1. The highest BCUT2D eigenvalue weighted by atomic mass is 35.5. The van der Waals surface area contributed by atoms with Crippen LogP contribution in [0.15, 0.2) is 54.9 Å². The normalized spacial score (nSPS) is 10.5. The van der Waals surface area contributed by atoms with Crippen molar-refractivity contribution in [3.8, 4) is 0 Å². The summed E-state index contributed by atoms with van der Waals surface area (Å²) in [5.41, 5.74) is 1.29. The second-order valence-electron chi connectivity index (χ2n) is 5.43. The minimum absolute atomic E-state index is 0.0256. The summed E-state index contributed by atoms with van der Waals surface area (Å²) in [4.78, 5) is 22.6. The maximum absolute atomic E-state index is 12.3. The fourth-order valence-electron chi connectivity index (χ4n) is 2.29. The molecule has 0 radical (unpaired) electrons. The lowest BCUT2D eigenvalue weighted by atomic mass is 10.2. The van der Waals surface area contributed by atoms with Crippen LogP contribution >= 0.6 is 23.2 Å². The zero-order valence-electron chi connectivity index (χ0n) is 13.2. The van der Waals surface area contributed by atoms with E-state index in [1.165, 1.54) is 18.3 Å². The van der Waals surface area contributed by atoms with Crippen molar-refractivity contribution in [2.24, 2.45) is 0 Å². The van der Waals surface area contributed by atoms with Gasteiger partial charge < -0.3 is 5.32 Å². The summed E-state index contributed by atoms with van der Waals surface area (Å²) in [7, 11) is 0. The third kappa shape index (κ3) is 4.19. The van der Waals surface area contributed by atoms with Gasteiger partial charge in [-0.2, -0.15) is 5.10 Å². The van der Waals surface area contributed by atoms with Crippen LogP contribution in [0.4, 0.5) is 11.4 Å². The molecule has 0 atom stereocenters. The first kappa shape index (κ1) is 17.9. The molecule has 0 bridgehead atoms. The van der Waals surface area contributed by atoms with E-state index in [0.717, 1.165) is 11.6 Å². The second-order valence-corrected chi connectivity index (χ2v) is 6.27. The van der Waals surface area contributed by atoms with Gasteiger partial charge in [-0.3, -0.25) is 19.6 Å². The van der Waals surface area contributed by atoms with Gasteiger partial charge in [0.1, 0.15) is 5.02 Å². The van der Waals surface area contributed by atoms with Crippen LogP contribution in [-0.2, 0) is 6.54 Å². The largest absolute Gasteiger partial charge is 0.319 e. The van der Waals surface area contributed by atoms with E-state index in [9.17, 15) is 14.9 Å². The molecule has 0 spiro atoms. The molecular formula is C17H12Cl2N4O3. The van der Waals surface area contributed by atoms with Crippen molar-refractivity contribution in [2.75, 3.05) is 5.32 Å². The predicted molar refractivity (Wildman–Crippen MR) is 98.8 cm³/mol. The minimum atomic E-state index is -0.636. The van der Waals surface area contributed by atoms with Crippen LogP contribution in [0.2, 0.25) is 10.0 Å². The van der Waals surface area contributed by atoms with E-state index in [1.54, 1.807) is 23.0 Å². The third-order valence-corrected chi connectivity index (χ3v) is 4.13. The Labute approximate surface area is 158 Å². The van der Waals surface area contributed by atoms with E-state index in [2.05, 4.69) is 10.4 Å². The molecule has 0 saturated carbocycles. The number of carbonyl (C=O) groups is 1. The molecule has 0 unspecified atom stereocenters. The Morgan fingerprint density at radius 3 is 2.62 bits per heavy atom. The molecular weight excluding hydrogens is 379 g/mol. The van der Waals surface area contributed by atoms with Crippen molar-refractivity contribution in [2.45, 2.75) is 6.54 Å². The van der Waals surface area contributed by atoms with Crippen molar-refractivity contribution in [3.05, 3.63) is 86.1 Å². The number of nitro groups is 1. The van der Waals surface area contributed by atoms with Crippen molar-refractivity contribution in [1.82, 2.24) is 9.78 Å². The van der Waals surface area contributed by atoms with Gasteiger partial charge in [-0.15, -0.1) is 0 Å². The Balaban J connectivity index is 1.70. The Kier molecular flexibility index (Phi) is 5.20. The topological polar surface area (TPSA) is 90.1 Å². The fraction of sp³-hybridized carbons (Fsp3) is 0.0588. The molecule has 0 aliphatic heterocycles. The van der Waals surface area contributed by atoms with Crippen LogP contribution in [-0.4, -0.2) is 20.6 Å². The quantitative estimate of drug-likeness (QED) is 0.516. The standard InChI is InChI=1S/C17H12Cl2N4O3/c18-13-4-1-11(2-5-13)9-22-10-14(8-20-22)21-17(24)12-3-6-15(19)16(7-12)23(25)26/h1-8,10H,9H2,(H,21,24). The van der Waals surface area contributed by atoms with Crippen molar-refractivity contribution in [1.29, 1.82) is 0 Å². The summed E-state index contributed by atoms with van der Waals surface area (Å²) in [5.74, 6) is -0.490. The van der Waals surface area contributed by atoms with Gasteiger partial charge in [0.25, 0.3) is 11.6 Å². The number of carbonyl (C=O) groups excluding carboxylic acids is 1. The zero-order valence-corrected chi connectivity index (χ0v) is 14.7. The summed E-state index contributed by atoms with van der Waals surface area (Å²) < 4.78 is 1.66. The summed E-state index contributed by atoms with van der Waals surface area (Å²) in [6.45, 7) is 0.513. The van der Waals surface area contributed by atoms with Gasteiger partial charge >= 0.3 is 0 Å². The van der Waals surface area contributed by atoms with Crippen LogP contribution < -0.4 is 5.32 Å². The van der Waals surface area contributed by atoms with E-state index in [0.29, 0.717) is 17.3 Å². The van der Waals surface area contributed by atoms with Gasteiger partial charge in [-0.25, -0.2) is 0 Å². The molecule has 1 aromatic heterocycles. The van der Waals surface area contributed by atoms with Crippen LogP contribution in [0.25, 0.3) is 0 Å². The van der Waals surface area contributed by atoms with E-state index < -0.39 is 10.8 Å². The van der Waals surface area contributed by atoms with Gasteiger partial charge in [-0.1, -0.05) is 35.3 Å². The van der Waals surface area contributed by atoms with Crippen molar-refractivity contribution >= 4 is 40.5 Å². The highest BCUT2D eigenvalue weighted by Crippen LogP contribution is 2.25. The lowest BCUT2D eigenvalue weighted by Crippen LogP contribution is -2.11. The summed E-state index contributed by atoms with van der Waals surface area (Å²) in [6, 6.07) is 11.2. The number of hydrogen-bond donors (Lipinski definition) is 1. The number of amides is 1. The molecule has 7 nitrogen and oxygen atoms in total. The summed E-state index contributed by atoms with van der Waals surface area (Å²) in [5, 5.41) is 18.4. The van der Waals surface area contributed by atoms with Crippen LogP contribution in [0.5, 0.6) is 0 Å². The lowest BCUT2D eigenvalue weighted by molar-refractivity contribution is -0.384. The van der Waals surface area contributed by atoms with Crippen LogP contribution in [0.3, 0.4) is 0 Å². The number of hydrogen-bond acceptors (Lipinski definition) is 4. The Morgan fingerprint density at radius 2 is 1.92 bits per heavy atom. The highest BCUT2D eigenvalue weighted by Gasteiger charge is 2.16. The molecule has 0 saturated heterocycles. The highest BCUT2D eigenvalue weighted by molar-refractivity contribution is 6.32. The molecule has 1 amide bonds. The molecule has 0 fully saturated rings. The maximum atomic E-state index is 12.3. The number of benzene rings is 2. The Morgan fingerprint density at radius 1 is 1.19 bits per heavy atom. The smallest absolute Gasteiger partial charge is 0.288 e. The van der Waals surface area contributed by atoms with Crippen molar-refractivity contribution in [3.63, 3.8) is 0 Å². The fourth-order valence-corrected chi connectivity index (χ4v) is 2.60. The van der Waals surface area contributed by atoms with E-state index in [4.69, 9.17) is 23.2 Å². The van der Waals surface area contributed by atoms with Gasteiger partial charge in [0.05, 0.1) is 23.4 Å². The molecule has 26 heavy (non-hydrogen) atoms. The molecule has 1 N–H and O–H groups in total. The number of aromatic nitrogens is 2. The van der Waals surface area contributed by atoms with Gasteiger partial charge in [0.15, 0.2) is 0 Å². The molecule has 9 heteroatoms. The zero-order chi connectivity index (χ0) is 18.7. The minimum Gasteiger partial charge on any atom is -0.319 e. The first-order valence-corrected chi connectivity index (χ1v) is 8.20. The molecule has 2 aromatic carbocycles. The molecule has 3 rings (SSSR count). The molecule has 132 valence electrons. The first-order chi connectivity index (χ1) is 12.4. The van der Waals surface area contributed by atoms with Crippen molar-refractivity contribution < 1.29 is 9.72 Å². The third-order valence-electron chi connectivity index (χ3n) is 3.55. The van der Waals surface area contributed by atoms with E-state index in [1.807, 2.05) is 12.1 Å². The number of halogens is 2. The van der Waals surface area contributed by atoms with Gasteiger partial charge in [0, 0.05) is 22.8 Å². The summed E-state index contributed by atoms with van der Waals surface area (Å²) >= 11 is 11.6. The Bertz CT molecular complexity index is 970. The van der Waals surface area contributed by atoms with Gasteiger partial charge in [-0.05, 0) is 29.8 Å². The maximum Gasteiger partial charge on any atom is 0.288 e. The average molecular weight is 391 g/mol. The molecule has 3 aromatic rings. The SMILES string of the molecule is O=C(Nc1cnn(Cc2ccc(Cl)cc2)c1)c1ccc(Cl)c([N+](=O)[O-])c1. The summed E-state index contributed by atoms with van der Waals surface area (Å²) in [6.07, 6.45) is 3.16. The monoisotopic (exact) mass is 390 g/mol. The van der Waals surface area contributed by atoms with E-state index in [-0.39, 0.29) is 16.3 Å². The number of rotatable bonds is 5. The predicted octanol–water partition coefficient (Wildman–Crippen LogP) is 4.40. The van der Waals surface area contributed by atoms with Crippen LogP contribution in [0, 0.1) is 10.1 Å². The molecule has 1 heterocycles.